The van der Waals surface area contributed by atoms with E-state index in [-0.39, 0.29) is 31.1 Å². The molecule has 5 nitrogen and oxygen atoms in total. The van der Waals surface area contributed by atoms with Crippen molar-refractivity contribution in [2.45, 2.75) is 33.2 Å². The van der Waals surface area contributed by atoms with Gasteiger partial charge in [-0.15, -0.1) is 0 Å². The Bertz CT molecular complexity index is 460. The van der Waals surface area contributed by atoms with E-state index in [1.165, 1.54) is 0 Å². The summed E-state index contributed by atoms with van der Waals surface area (Å²) in [7, 11) is 1.57. The van der Waals surface area contributed by atoms with E-state index < -0.39 is 0 Å². The van der Waals surface area contributed by atoms with Gasteiger partial charge >= 0.3 is 0 Å². The average molecular weight is 295 g/mol. The van der Waals surface area contributed by atoms with Crippen LogP contribution in [0.5, 0.6) is 11.5 Å². The third-order valence-electron chi connectivity index (χ3n) is 3.27. The number of aliphatic hydroxyl groups is 1. The number of amides is 1. The van der Waals surface area contributed by atoms with Gasteiger partial charge in [0, 0.05) is 12.6 Å². The molecule has 0 bridgehead atoms. The maximum atomic E-state index is 11.9. The van der Waals surface area contributed by atoms with Crippen LogP contribution in [0.15, 0.2) is 18.2 Å². The molecule has 1 rings (SSSR count). The zero-order valence-corrected chi connectivity index (χ0v) is 13.2. The summed E-state index contributed by atoms with van der Waals surface area (Å²) in [6.07, 6.45) is 0.539. The summed E-state index contributed by atoms with van der Waals surface area (Å²) in [5.41, 5.74) is 1.06. The molecule has 0 saturated carbocycles. The number of ether oxygens (including phenoxy) is 2. The molecular formula is C16H25NO4. The van der Waals surface area contributed by atoms with Crippen LogP contribution in [0.1, 0.15) is 25.8 Å². The van der Waals surface area contributed by atoms with Crippen molar-refractivity contribution in [3.8, 4) is 11.5 Å². The maximum absolute atomic E-state index is 11.9. The largest absolute Gasteiger partial charge is 0.493 e. The molecule has 21 heavy (non-hydrogen) atoms. The van der Waals surface area contributed by atoms with Crippen LogP contribution in [0.25, 0.3) is 0 Å². The lowest BCUT2D eigenvalue weighted by Gasteiger charge is -2.21. The summed E-state index contributed by atoms with van der Waals surface area (Å²) in [4.78, 5) is 11.9. The minimum Gasteiger partial charge on any atom is -0.493 e. The Labute approximate surface area is 126 Å². The van der Waals surface area contributed by atoms with Gasteiger partial charge < -0.3 is 19.9 Å². The van der Waals surface area contributed by atoms with Gasteiger partial charge in [0.1, 0.15) is 0 Å². The van der Waals surface area contributed by atoms with E-state index in [4.69, 9.17) is 14.6 Å². The van der Waals surface area contributed by atoms with Crippen LogP contribution < -0.4 is 14.8 Å². The van der Waals surface area contributed by atoms with Gasteiger partial charge in [-0.25, -0.2) is 0 Å². The topological polar surface area (TPSA) is 67.8 Å². The fraction of sp³-hybridized carbons (Fsp3) is 0.562. The molecule has 1 atom stereocenters. The Balaban J connectivity index is 2.56. The first-order valence-electron chi connectivity index (χ1n) is 7.15. The van der Waals surface area contributed by atoms with Crippen LogP contribution in [0.4, 0.5) is 0 Å². The van der Waals surface area contributed by atoms with Crippen molar-refractivity contribution in [3.05, 3.63) is 23.8 Å². The molecule has 1 aromatic rings. The molecule has 0 aliphatic carbocycles. The van der Waals surface area contributed by atoms with E-state index in [0.29, 0.717) is 17.9 Å². The van der Waals surface area contributed by atoms with Crippen molar-refractivity contribution < 1.29 is 19.4 Å². The molecule has 0 heterocycles. The molecule has 0 aliphatic rings. The standard InChI is InChI=1S/C16H25NO4/c1-11(2)13(7-8-18)17-16(19)10-21-14-6-5-12(3)9-15(14)20-4/h5-6,9,11,13,18H,7-8,10H2,1-4H3,(H,17,19). The molecule has 1 amide bonds. The molecule has 1 unspecified atom stereocenters. The normalized spacial score (nSPS) is 12.1. The van der Waals surface area contributed by atoms with E-state index in [0.717, 1.165) is 5.56 Å². The number of carbonyl (C=O) groups is 1. The lowest BCUT2D eigenvalue weighted by Crippen LogP contribution is -2.41. The van der Waals surface area contributed by atoms with Gasteiger partial charge in [0.2, 0.25) is 0 Å². The highest BCUT2D eigenvalue weighted by Gasteiger charge is 2.16. The summed E-state index contributed by atoms with van der Waals surface area (Å²) < 4.78 is 10.7. The lowest BCUT2D eigenvalue weighted by atomic mass is 10.0. The summed E-state index contributed by atoms with van der Waals surface area (Å²) in [6.45, 7) is 5.94. The fourth-order valence-corrected chi connectivity index (χ4v) is 2.00. The molecule has 118 valence electrons. The van der Waals surface area contributed by atoms with Crippen molar-refractivity contribution in [3.63, 3.8) is 0 Å². The second kappa shape index (κ2) is 8.52. The molecular weight excluding hydrogens is 270 g/mol. The molecule has 0 saturated heterocycles. The minimum absolute atomic E-state index is 0.0500. The van der Waals surface area contributed by atoms with E-state index >= 15 is 0 Å². The van der Waals surface area contributed by atoms with Crippen molar-refractivity contribution in [2.24, 2.45) is 5.92 Å². The molecule has 0 spiro atoms. The lowest BCUT2D eigenvalue weighted by molar-refractivity contribution is -0.124. The average Bonchev–Trinajstić information content (AvgIpc) is 2.45. The quantitative estimate of drug-likeness (QED) is 0.768. The van der Waals surface area contributed by atoms with Gasteiger partial charge in [-0.2, -0.15) is 0 Å². The number of aryl methyl sites for hydroxylation is 1. The van der Waals surface area contributed by atoms with Crippen molar-refractivity contribution in [1.29, 1.82) is 0 Å². The SMILES string of the molecule is COc1cc(C)ccc1OCC(=O)NC(CCO)C(C)C. The van der Waals surface area contributed by atoms with Gasteiger partial charge in [-0.1, -0.05) is 19.9 Å². The van der Waals surface area contributed by atoms with E-state index in [1.807, 2.05) is 32.9 Å². The Morgan fingerprint density at radius 3 is 2.62 bits per heavy atom. The van der Waals surface area contributed by atoms with E-state index in [2.05, 4.69) is 5.32 Å². The van der Waals surface area contributed by atoms with Crippen molar-refractivity contribution in [2.75, 3.05) is 20.3 Å². The number of rotatable bonds is 8. The van der Waals surface area contributed by atoms with E-state index in [9.17, 15) is 4.79 Å². The highest BCUT2D eigenvalue weighted by Crippen LogP contribution is 2.27. The molecule has 0 aromatic heterocycles. The summed E-state index contributed by atoms with van der Waals surface area (Å²) in [6, 6.07) is 5.50. The second-order valence-electron chi connectivity index (χ2n) is 5.37. The highest BCUT2D eigenvalue weighted by atomic mass is 16.5. The Hall–Kier alpha value is -1.75. The number of hydrogen-bond donors (Lipinski definition) is 2. The number of nitrogens with one attached hydrogen (secondary N) is 1. The molecule has 0 radical (unpaired) electrons. The molecule has 2 N–H and O–H groups in total. The van der Waals surface area contributed by atoms with E-state index in [1.54, 1.807) is 13.2 Å². The molecule has 1 aromatic carbocycles. The van der Waals surface area contributed by atoms with Gasteiger partial charge in [0.25, 0.3) is 5.91 Å². The zero-order valence-electron chi connectivity index (χ0n) is 13.2. The first-order chi connectivity index (χ1) is 9.97. The van der Waals surface area contributed by atoms with Crippen molar-refractivity contribution in [1.82, 2.24) is 5.32 Å². The fourth-order valence-electron chi connectivity index (χ4n) is 2.00. The van der Waals surface area contributed by atoms with Crippen LogP contribution in [-0.2, 0) is 4.79 Å². The molecule has 0 fully saturated rings. The monoisotopic (exact) mass is 295 g/mol. The van der Waals surface area contributed by atoms with Gasteiger partial charge in [0.05, 0.1) is 7.11 Å². The predicted octanol–water partition coefficient (Wildman–Crippen LogP) is 1.91. The summed E-state index contributed by atoms with van der Waals surface area (Å²) in [5, 5.41) is 11.9. The number of hydrogen-bond acceptors (Lipinski definition) is 4. The Morgan fingerprint density at radius 1 is 1.33 bits per heavy atom. The maximum Gasteiger partial charge on any atom is 0.258 e. The number of methoxy groups -OCH3 is 1. The Kier molecular flexibility index (Phi) is 7.02. The number of carbonyl (C=O) groups excluding carboxylic acids is 1. The van der Waals surface area contributed by atoms with Crippen LogP contribution in [-0.4, -0.2) is 37.4 Å². The highest BCUT2D eigenvalue weighted by molar-refractivity contribution is 5.78. The molecule has 0 aliphatic heterocycles. The first kappa shape index (κ1) is 17.3. The first-order valence-corrected chi connectivity index (χ1v) is 7.15. The summed E-state index contributed by atoms with van der Waals surface area (Å²) >= 11 is 0. The van der Waals surface area contributed by atoms with Crippen molar-refractivity contribution >= 4 is 5.91 Å². The van der Waals surface area contributed by atoms with Crippen LogP contribution in [0.2, 0.25) is 0 Å². The smallest absolute Gasteiger partial charge is 0.258 e. The third-order valence-corrected chi connectivity index (χ3v) is 3.27. The van der Waals surface area contributed by atoms with Gasteiger partial charge in [0.15, 0.2) is 18.1 Å². The minimum atomic E-state index is -0.204. The number of aliphatic hydroxyl groups excluding tert-OH is 1. The third kappa shape index (κ3) is 5.63. The van der Waals surface area contributed by atoms with Crippen LogP contribution >= 0.6 is 0 Å². The van der Waals surface area contributed by atoms with Gasteiger partial charge in [-0.05, 0) is 37.0 Å². The van der Waals surface area contributed by atoms with Gasteiger partial charge in [-0.3, -0.25) is 4.79 Å². The zero-order chi connectivity index (χ0) is 15.8. The number of benzene rings is 1. The van der Waals surface area contributed by atoms with Crippen LogP contribution in [0, 0.1) is 12.8 Å². The predicted molar refractivity (Wildman–Crippen MR) is 81.7 cm³/mol. The molecule has 5 heteroatoms. The second-order valence-corrected chi connectivity index (χ2v) is 5.37. The summed E-state index contributed by atoms with van der Waals surface area (Å²) in [5.74, 6) is 1.21. The Morgan fingerprint density at radius 2 is 2.05 bits per heavy atom. The van der Waals surface area contributed by atoms with Crippen LogP contribution in [0.3, 0.4) is 0 Å².